The van der Waals surface area contributed by atoms with Crippen molar-refractivity contribution in [3.05, 3.63) is 32.3 Å². The molecule has 0 aliphatic heterocycles. The molecule has 1 aromatic rings. The molecule has 20 heavy (non-hydrogen) atoms. The van der Waals surface area contributed by atoms with Gasteiger partial charge in [-0.15, -0.1) is 12.4 Å². The fourth-order valence-electron chi connectivity index (χ4n) is 1.77. The quantitative estimate of drug-likeness (QED) is 0.527. The van der Waals surface area contributed by atoms with Crippen LogP contribution in [0.3, 0.4) is 0 Å². The van der Waals surface area contributed by atoms with E-state index < -0.39 is 17.1 Å². The zero-order valence-electron chi connectivity index (χ0n) is 11.0. The molecule has 6 nitrogen and oxygen atoms in total. The molecule has 0 radical (unpaired) electrons. The van der Waals surface area contributed by atoms with Crippen molar-refractivity contribution < 1.29 is 15.1 Å². The van der Waals surface area contributed by atoms with Crippen molar-refractivity contribution in [2.24, 2.45) is 5.73 Å². The molecule has 0 amide bonds. The third-order valence-electron chi connectivity index (χ3n) is 2.92. The number of nitro groups is 1. The first-order chi connectivity index (χ1) is 8.88. The first-order valence-corrected chi connectivity index (χ1v) is 6.78. The van der Waals surface area contributed by atoms with Gasteiger partial charge in [-0.05, 0) is 22.4 Å². The second kappa shape index (κ2) is 8.41. The number of aromatic hydroxyl groups is 1. The average Bonchev–Trinajstić information content (AvgIpc) is 2.37. The molecule has 114 valence electrons. The Labute approximate surface area is 131 Å². The highest BCUT2D eigenvalue weighted by molar-refractivity contribution is 9.10. The highest BCUT2D eigenvalue weighted by atomic mass is 79.9. The SMILES string of the molecule is CCCC[C@H](O)[C@H](N)c1cc([N+](=O)[O-])cc(Br)c1O.Cl. The Morgan fingerprint density at radius 1 is 1.50 bits per heavy atom. The van der Waals surface area contributed by atoms with Gasteiger partial charge >= 0.3 is 0 Å². The Balaban J connectivity index is 0.00000361. The topological polar surface area (TPSA) is 110 Å². The monoisotopic (exact) mass is 368 g/mol. The molecule has 0 heterocycles. The lowest BCUT2D eigenvalue weighted by atomic mass is 9.97. The number of aliphatic hydroxyl groups excluding tert-OH is 1. The molecule has 1 rings (SSSR count). The molecule has 4 N–H and O–H groups in total. The van der Waals surface area contributed by atoms with Crippen LogP contribution in [-0.2, 0) is 0 Å². The van der Waals surface area contributed by atoms with Crippen LogP contribution in [0.15, 0.2) is 16.6 Å². The summed E-state index contributed by atoms with van der Waals surface area (Å²) in [6.07, 6.45) is 1.34. The van der Waals surface area contributed by atoms with Gasteiger partial charge < -0.3 is 15.9 Å². The molecule has 0 aliphatic carbocycles. The van der Waals surface area contributed by atoms with Crippen molar-refractivity contribution in [2.45, 2.75) is 38.3 Å². The molecule has 8 heteroatoms. The average molecular weight is 370 g/mol. The number of non-ortho nitro benzene ring substituents is 1. The number of phenols is 1. The van der Waals surface area contributed by atoms with Gasteiger partial charge in [0.15, 0.2) is 0 Å². The van der Waals surface area contributed by atoms with Gasteiger partial charge in [-0.2, -0.15) is 0 Å². The zero-order valence-corrected chi connectivity index (χ0v) is 13.4. The summed E-state index contributed by atoms with van der Waals surface area (Å²) in [4.78, 5) is 10.2. The minimum absolute atomic E-state index is 0. The van der Waals surface area contributed by atoms with Crippen molar-refractivity contribution in [1.82, 2.24) is 0 Å². The van der Waals surface area contributed by atoms with Gasteiger partial charge in [-0.1, -0.05) is 19.8 Å². The third-order valence-corrected chi connectivity index (χ3v) is 3.52. The maximum Gasteiger partial charge on any atom is 0.271 e. The van der Waals surface area contributed by atoms with Crippen LogP contribution >= 0.6 is 28.3 Å². The summed E-state index contributed by atoms with van der Waals surface area (Å²) in [6.45, 7) is 1.99. The zero-order chi connectivity index (χ0) is 14.6. The number of hydrogen-bond donors (Lipinski definition) is 3. The molecule has 1 aromatic carbocycles. The number of nitrogens with zero attached hydrogens (tertiary/aromatic N) is 1. The van der Waals surface area contributed by atoms with Crippen LogP contribution in [0.2, 0.25) is 0 Å². The number of nitrogens with two attached hydrogens (primary N) is 1. The minimum atomic E-state index is -0.859. The molecule has 0 fully saturated rings. The Kier molecular flexibility index (Phi) is 8.03. The number of halogens is 2. The second-order valence-corrected chi connectivity index (χ2v) is 5.21. The fourth-order valence-corrected chi connectivity index (χ4v) is 2.23. The van der Waals surface area contributed by atoms with E-state index in [9.17, 15) is 20.3 Å². The lowest BCUT2D eigenvalue weighted by Gasteiger charge is -2.20. The molecule has 0 spiro atoms. The number of nitro benzene ring substituents is 1. The van der Waals surface area contributed by atoms with Gasteiger partial charge in [0.1, 0.15) is 5.75 Å². The number of benzene rings is 1. The first-order valence-electron chi connectivity index (χ1n) is 5.98. The van der Waals surface area contributed by atoms with Gasteiger partial charge in [0.05, 0.1) is 21.5 Å². The largest absolute Gasteiger partial charge is 0.506 e. The summed E-state index contributed by atoms with van der Waals surface area (Å²) in [5.74, 6) is -0.173. The van der Waals surface area contributed by atoms with E-state index in [1.165, 1.54) is 12.1 Å². The van der Waals surface area contributed by atoms with Crippen molar-refractivity contribution in [3.63, 3.8) is 0 Å². The summed E-state index contributed by atoms with van der Waals surface area (Å²) < 4.78 is 0.190. The van der Waals surface area contributed by atoms with Crippen molar-refractivity contribution in [1.29, 1.82) is 0 Å². The highest BCUT2D eigenvalue weighted by Crippen LogP contribution is 2.36. The van der Waals surface area contributed by atoms with Crippen molar-refractivity contribution >= 4 is 34.0 Å². The highest BCUT2D eigenvalue weighted by Gasteiger charge is 2.24. The molecule has 0 aromatic heterocycles. The number of hydrogen-bond acceptors (Lipinski definition) is 5. The lowest BCUT2D eigenvalue weighted by molar-refractivity contribution is -0.385. The van der Waals surface area contributed by atoms with E-state index in [4.69, 9.17) is 5.73 Å². The lowest BCUT2D eigenvalue weighted by Crippen LogP contribution is -2.26. The van der Waals surface area contributed by atoms with Gasteiger partial charge in [-0.25, -0.2) is 0 Å². The molecule has 0 bridgehead atoms. The Morgan fingerprint density at radius 2 is 2.10 bits per heavy atom. The van der Waals surface area contributed by atoms with Gasteiger partial charge in [0, 0.05) is 17.7 Å². The molecule has 0 aliphatic rings. The predicted molar refractivity (Wildman–Crippen MR) is 82.2 cm³/mol. The van der Waals surface area contributed by atoms with E-state index in [1.54, 1.807) is 0 Å². The van der Waals surface area contributed by atoms with E-state index in [0.717, 1.165) is 12.8 Å². The van der Waals surface area contributed by atoms with E-state index in [1.807, 2.05) is 6.92 Å². The van der Waals surface area contributed by atoms with Crippen LogP contribution in [-0.4, -0.2) is 21.2 Å². The van der Waals surface area contributed by atoms with Crippen LogP contribution in [0.25, 0.3) is 0 Å². The summed E-state index contributed by atoms with van der Waals surface area (Å²) in [5, 5.41) is 30.6. The van der Waals surface area contributed by atoms with E-state index in [-0.39, 0.29) is 33.9 Å². The molecular formula is C12H18BrClN2O4. The molecule has 0 unspecified atom stereocenters. The van der Waals surface area contributed by atoms with Crippen LogP contribution in [0.5, 0.6) is 5.75 Å². The van der Waals surface area contributed by atoms with Crippen LogP contribution in [0.1, 0.15) is 37.8 Å². The molecule has 2 atom stereocenters. The molecular weight excluding hydrogens is 351 g/mol. The summed E-state index contributed by atoms with van der Waals surface area (Å²) in [5.41, 5.74) is 5.85. The summed E-state index contributed by atoms with van der Waals surface area (Å²) in [7, 11) is 0. The standard InChI is InChI=1S/C12H17BrN2O4.ClH/c1-2-3-4-10(16)11(14)8-5-7(15(18)19)6-9(13)12(8)17;/h5-6,10-11,16-17H,2-4,14H2,1H3;1H/t10-,11+;/m0./s1. The normalized spacial score (nSPS) is 13.4. The van der Waals surface area contributed by atoms with Gasteiger partial charge in [0.2, 0.25) is 0 Å². The fraction of sp³-hybridized carbons (Fsp3) is 0.500. The minimum Gasteiger partial charge on any atom is -0.506 e. The van der Waals surface area contributed by atoms with Crippen LogP contribution < -0.4 is 5.73 Å². The van der Waals surface area contributed by atoms with Crippen molar-refractivity contribution in [2.75, 3.05) is 0 Å². The number of rotatable bonds is 6. The van der Waals surface area contributed by atoms with E-state index >= 15 is 0 Å². The number of unbranched alkanes of at least 4 members (excludes halogenated alkanes) is 1. The number of phenolic OH excluding ortho intramolecular Hbond substituents is 1. The molecule has 0 saturated heterocycles. The maximum atomic E-state index is 10.8. The first kappa shape index (κ1) is 19.1. The van der Waals surface area contributed by atoms with Gasteiger partial charge in [0.25, 0.3) is 5.69 Å². The third kappa shape index (κ3) is 4.59. The van der Waals surface area contributed by atoms with Gasteiger partial charge in [-0.3, -0.25) is 10.1 Å². The summed E-state index contributed by atoms with van der Waals surface area (Å²) in [6, 6.07) is 1.53. The van der Waals surface area contributed by atoms with Crippen LogP contribution in [0, 0.1) is 10.1 Å². The van der Waals surface area contributed by atoms with E-state index in [0.29, 0.717) is 6.42 Å². The Morgan fingerprint density at radius 3 is 2.60 bits per heavy atom. The number of aliphatic hydroxyl groups is 1. The van der Waals surface area contributed by atoms with E-state index in [2.05, 4.69) is 15.9 Å². The van der Waals surface area contributed by atoms with Crippen molar-refractivity contribution in [3.8, 4) is 5.75 Å². The summed E-state index contributed by atoms with van der Waals surface area (Å²) >= 11 is 3.04. The predicted octanol–water partition coefficient (Wildman–Crippen LogP) is 3.04. The maximum absolute atomic E-state index is 10.8. The Hall–Kier alpha value is -0.890. The molecule has 0 saturated carbocycles. The second-order valence-electron chi connectivity index (χ2n) is 4.36. The smallest absolute Gasteiger partial charge is 0.271 e. The van der Waals surface area contributed by atoms with Crippen LogP contribution in [0.4, 0.5) is 5.69 Å². The Bertz CT molecular complexity index is 473.